The van der Waals surface area contributed by atoms with Gasteiger partial charge in [0, 0.05) is 11.7 Å². The molecule has 1 N–H and O–H groups in total. The Morgan fingerprint density at radius 2 is 2.38 bits per heavy atom. The van der Waals surface area contributed by atoms with Gasteiger partial charge in [-0.3, -0.25) is 0 Å². The van der Waals surface area contributed by atoms with E-state index in [2.05, 4.69) is 18.3 Å². The molecule has 0 fully saturated rings. The van der Waals surface area contributed by atoms with E-state index in [1.54, 1.807) is 0 Å². The molecule has 0 saturated carbocycles. The topological polar surface area (TPSA) is 35.8 Å². The van der Waals surface area contributed by atoms with Gasteiger partial charge < -0.3 is 5.32 Å². The number of nitrogens with zero attached hydrogens (tertiary/aromatic N) is 1. The van der Waals surface area contributed by atoms with Gasteiger partial charge in [-0.1, -0.05) is 0 Å². The van der Waals surface area contributed by atoms with Crippen LogP contribution < -0.4 is 5.32 Å². The van der Waals surface area contributed by atoms with E-state index in [4.69, 9.17) is 5.26 Å². The molecule has 0 aromatic heterocycles. The SMILES string of the molecule is C[C@@H]1CCc2cc(C#N)ccc2N1. The third-order valence-electron chi connectivity index (χ3n) is 2.48. The van der Waals surface area contributed by atoms with Crippen LogP contribution in [0.1, 0.15) is 24.5 Å². The summed E-state index contributed by atoms with van der Waals surface area (Å²) in [6.45, 7) is 2.18. The van der Waals surface area contributed by atoms with Crippen LogP contribution in [-0.2, 0) is 6.42 Å². The molecule has 0 unspecified atom stereocenters. The van der Waals surface area contributed by atoms with Crippen molar-refractivity contribution in [3.63, 3.8) is 0 Å². The summed E-state index contributed by atoms with van der Waals surface area (Å²) in [5.41, 5.74) is 3.23. The standard InChI is InChI=1S/C11H12N2/c1-8-2-4-10-6-9(7-12)3-5-11(10)13-8/h3,5-6,8,13H,2,4H2,1H3/t8-/m1/s1. The van der Waals surface area contributed by atoms with Gasteiger partial charge >= 0.3 is 0 Å². The van der Waals surface area contributed by atoms with Crippen LogP contribution >= 0.6 is 0 Å². The molecule has 0 aliphatic carbocycles. The minimum atomic E-state index is 0.556. The zero-order valence-electron chi connectivity index (χ0n) is 7.67. The van der Waals surface area contributed by atoms with Crippen molar-refractivity contribution in [1.82, 2.24) is 0 Å². The molecule has 0 bridgehead atoms. The second-order valence-electron chi connectivity index (χ2n) is 3.57. The molecule has 0 spiro atoms. The summed E-state index contributed by atoms with van der Waals surface area (Å²) < 4.78 is 0. The predicted octanol–water partition coefficient (Wildman–Crippen LogP) is 2.30. The molecule has 2 nitrogen and oxygen atoms in total. The Morgan fingerprint density at radius 1 is 1.54 bits per heavy atom. The molecule has 1 aromatic rings. The van der Waals surface area contributed by atoms with Crippen molar-refractivity contribution >= 4 is 5.69 Å². The maximum Gasteiger partial charge on any atom is 0.0991 e. The van der Waals surface area contributed by atoms with Crippen LogP contribution in [0.15, 0.2) is 18.2 Å². The first kappa shape index (κ1) is 8.12. The largest absolute Gasteiger partial charge is 0.382 e. The third-order valence-corrected chi connectivity index (χ3v) is 2.48. The Morgan fingerprint density at radius 3 is 3.15 bits per heavy atom. The highest BCUT2D eigenvalue weighted by molar-refractivity contribution is 5.56. The van der Waals surface area contributed by atoms with E-state index in [9.17, 15) is 0 Å². The number of fused-ring (bicyclic) bond motifs is 1. The lowest BCUT2D eigenvalue weighted by Crippen LogP contribution is -2.21. The van der Waals surface area contributed by atoms with Gasteiger partial charge in [0.1, 0.15) is 0 Å². The van der Waals surface area contributed by atoms with E-state index >= 15 is 0 Å². The van der Waals surface area contributed by atoms with Gasteiger partial charge in [0.25, 0.3) is 0 Å². The second kappa shape index (κ2) is 3.10. The van der Waals surface area contributed by atoms with Crippen molar-refractivity contribution in [2.45, 2.75) is 25.8 Å². The van der Waals surface area contributed by atoms with Gasteiger partial charge in [0.05, 0.1) is 11.6 Å². The van der Waals surface area contributed by atoms with E-state index in [1.807, 2.05) is 18.2 Å². The number of rotatable bonds is 0. The zero-order chi connectivity index (χ0) is 9.26. The molecule has 2 rings (SSSR count). The summed E-state index contributed by atoms with van der Waals surface area (Å²) in [7, 11) is 0. The summed E-state index contributed by atoms with van der Waals surface area (Å²) in [4.78, 5) is 0. The van der Waals surface area contributed by atoms with E-state index in [0.29, 0.717) is 6.04 Å². The van der Waals surface area contributed by atoms with Crippen LogP contribution in [0.5, 0.6) is 0 Å². The molecule has 1 aromatic carbocycles. The first-order chi connectivity index (χ1) is 6.29. The number of nitrogens with one attached hydrogen (secondary N) is 1. The van der Waals surface area contributed by atoms with Crippen LogP contribution in [0.2, 0.25) is 0 Å². The first-order valence-corrected chi connectivity index (χ1v) is 4.59. The van der Waals surface area contributed by atoms with Crippen LogP contribution in [0.3, 0.4) is 0 Å². The number of hydrogen-bond donors (Lipinski definition) is 1. The van der Waals surface area contributed by atoms with E-state index < -0.39 is 0 Å². The molecule has 1 atom stereocenters. The molecule has 13 heavy (non-hydrogen) atoms. The van der Waals surface area contributed by atoms with Crippen molar-refractivity contribution in [2.24, 2.45) is 0 Å². The summed E-state index contributed by atoms with van der Waals surface area (Å²) in [5.74, 6) is 0. The Labute approximate surface area is 78.2 Å². The molecular formula is C11H12N2. The average molecular weight is 172 g/mol. The van der Waals surface area contributed by atoms with Crippen LogP contribution in [0.25, 0.3) is 0 Å². The molecule has 66 valence electrons. The van der Waals surface area contributed by atoms with Gasteiger partial charge in [-0.2, -0.15) is 5.26 Å². The minimum Gasteiger partial charge on any atom is -0.382 e. The quantitative estimate of drug-likeness (QED) is 0.651. The lowest BCUT2D eigenvalue weighted by Gasteiger charge is -2.23. The maximum atomic E-state index is 8.72. The van der Waals surface area contributed by atoms with Crippen molar-refractivity contribution in [3.05, 3.63) is 29.3 Å². The highest BCUT2D eigenvalue weighted by atomic mass is 14.9. The molecule has 2 heteroatoms. The third kappa shape index (κ3) is 1.50. The molecule has 0 amide bonds. The fourth-order valence-electron chi connectivity index (χ4n) is 1.72. The Balaban J connectivity index is 2.38. The second-order valence-corrected chi connectivity index (χ2v) is 3.57. The minimum absolute atomic E-state index is 0.556. The summed E-state index contributed by atoms with van der Waals surface area (Å²) >= 11 is 0. The fraction of sp³-hybridized carbons (Fsp3) is 0.364. The molecule has 1 aliphatic rings. The normalized spacial score (nSPS) is 19.8. The molecule has 0 saturated heterocycles. The van der Waals surface area contributed by atoms with Crippen LogP contribution in [0, 0.1) is 11.3 Å². The maximum absolute atomic E-state index is 8.72. The van der Waals surface area contributed by atoms with Gasteiger partial charge in [-0.15, -0.1) is 0 Å². The van der Waals surface area contributed by atoms with E-state index in [1.165, 1.54) is 11.3 Å². The Kier molecular flexibility index (Phi) is 1.94. The number of nitriles is 1. The van der Waals surface area contributed by atoms with Crippen LogP contribution in [0.4, 0.5) is 5.69 Å². The number of anilines is 1. The highest BCUT2D eigenvalue weighted by Gasteiger charge is 2.13. The van der Waals surface area contributed by atoms with E-state index in [0.717, 1.165) is 18.4 Å². The summed E-state index contributed by atoms with van der Waals surface area (Å²) in [5, 5.41) is 12.1. The monoisotopic (exact) mass is 172 g/mol. The van der Waals surface area contributed by atoms with Gasteiger partial charge in [-0.25, -0.2) is 0 Å². The van der Waals surface area contributed by atoms with Crippen molar-refractivity contribution in [2.75, 3.05) is 5.32 Å². The van der Waals surface area contributed by atoms with Gasteiger partial charge in [-0.05, 0) is 43.5 Å². The van der Waals surface area contributed by atoms with Crippen molar-refractivity contribution < 1.29 is 0 Å². The molecule has 1 aliphatic heterocycles. The highest BCUT2D eigenvalue weighted by Crippen LogP contribution is 2.25. The smallest absolute Gasteiger partial charge is 0.0991 e. The number of benzene rings is 1. The van der Waals surface area contributed by atoms with Gasteiger partial charge in [0.15, 0.2) is 0 Å². The average Bonchev–Trinajstić information content (AvgIpc) is 2.17. The van der Waals surface area contributed by atoms with Gasteiger partial charge in [0.2, 0.25) is 0 Å². The Hall–Kier alpha value is -1.49. The summed E-state index contributed by atoms with van der Waals surface area (Å²) in [6.07, 6.45) is 2.24. The van der Waals surface area contributed by atoms with Crippen molar-refractivity contribution in [1.29, 1.82) is 5.26 Å². The number of hydrogen-bond acceptors (Lipinski definition) is 2. The molecule has 0 radical (unpaired) electrons. The van der Waals surface area contributed by atoms with Crippen molar-refractivity contribution in [3.8, 4) is 6.07 Å². The first-order valence-electron chi connectivity index (χ1n) is 4.59. The zero-order valence-corrected chi connectivity index (χ0v) is 7.67. The lowest BCUT2D eigenvalue weighted by molar-refractivity contribution is 0.681. The fourth-order valence-corrected chi connectivity index (χ4v) is 1.72. The molecule has 1 heterocycles. The van der Waals surface area contributed by atoms with E-state index in [-0.39, 0.29) is 0 Å². The number of aryl methyl sites for hydroxylation is 1. The van der Waals surface area contributed by atoms with Crippen LogP contribution in [-0.4, -0.2) is 6.04 Å². The predicted molar refractivity (Wildman–Crippen MR) is 52.6 cm³/mol. The molecular weight excluding hydrogens is 160 g/mol. The Bertz CT molecular complexity index is 363. The summed E-state index contributed by atoms with van der Waals surface area (Å²) in [6, 6.07) is 8.57. The lowest BCUT2D eigenvalue weighted by atomic mass is 9.97.